The Bertz CT molecular complexity index is 451. The van der Waals surface area contributed by atoms with Crippen molar-refractivity contribution in [3.05, 3.63) is 17.5 Å². The van der Waals surface area contributed by atoms with E-state index in [2.05, 4.69) is 31.2 Å². The van der Waals surface area contributed by atoms with Crippen LogP contribution in [-0.4, -0.2) is 46.8 Å². The average Bonchev–Trinajstić information content (AvgIpc) is 2.57. The molecule has 1 aromatic rings. The molecule has 1 saturated heterocycles. The summed E-state index contributed by atoms with van der Waals surface area (Å²) < 4.78 is 1.93. The summed E-state index contributed by atoms with van der Waals surface area (Å²) in [6.45, 7) is 11.7. The van der Waals surface area contributed by atoms with Crippen LogP contribution in [0.5, 0.6) is 0 Å². The molecular weight excluding hydrogens is 240 g/mol. The molecule has 0 aliphatic carbocycles. The Kier molecular flexibility index (Phi) is 3.94. The lowest BCUT2D eigenvalue weighted by atomic mass is 10.1. The van der Waals surface area contributed by atoms with E-state index in [1.54, 1.807) is 0 Å². The van der Waals surface area contributed by atoms with Gasteiger partial charge in [-0.2, -0.15) is 5.10 Å². The maximum atomic E-state index is 12.5. The number of nitrogens with one attached hydrogen (secondary N) is 1. The van der Waals surface area contributed by atoms with Gasteiger partial charge < -0.3 is 10.2 Å². The van der Waals surface area contributed by atoms with Crippen LogP contribution in [0.4, 0.5) is 0 Å². The lowest BCUT2D eigenvalue weighted by Gasteiger charge is -2.21. The van der Waals surface area contributed by atoms with E-state index in [9.17, 15) is 4.79 Å². The van der Waals surface area contributed by atoms with E-state index in [1.165, 1.54) is 0 Å². The minimum absolute atomic E-state index is 0.0507. The maximum absolute atomic E-state index is 12.5. The first-order valence-electron chi connectivity index (χ1n) is 6.97. The highest BCUT2D eigenvalue weighted by Crippen LogP contribution is 2.17. The predicted octanol–water partition coefficient (Wildman–Crippen LogP) is 1.38. The smallest absolute Gasteiger partial charge is 0.274 e. The van der Waals surface area contributed by atoms with E-state index in [4.69, 9.17) is 0 Å². The first-order valence-corrected chi connectivity index (χ1v) is 6.97. The average molecular weight is 264 g/mol. The summed E-state index contributed by atoms with van der Waals surface area (Å²) >= 11 is 0. The van der Waals surface area contributed by atoms with Gasteiger partial charge in [0.05, 0.1) is 5.54 Å². The Morgan fingerprint density at radius 2 is 2.05 bits per heavy atom. The number of hydrogen-bond acceptors (Lipinski definition) is 3. The van der Waals surface area contributed by atoms with Crippen LogP contribution in [0.25, 0.3) is 0 Å². The Labute approximate surface area is 115 Å². The summed E-state index contributed by atoms with van der Waals surface area (Å²) in [7, 11) is 0. The zero-order valence-electron chi connectivity index (χ0n) is 12.4. The van der Waals surface area contributed by atoms with Gasteiger partial charge in [-0.05, 0) is 46.7 Å². The Balaban J connectivity index is 2.19. The van der Waals surface area contributed by atoms with Crippen LogP contribution in [-0.2, 0) is 5.54 Å². The predicted molar refractivity (Wildman–Crippen MR) is 75.4 cm³/mol. The topological polar surface area (TPSA) is 50.2 Å². The monoisotopic (exact) mass is 264 g/mol. The number of aryl methyl sites for hydroxylation is 1. The summed E-state index contributed by atoms with van der Waals surface area (Å²) in [5.41, 5.74) is 1.50. The van der Waals surface area contributed by atoms with Crippen molar-refractivity contribution in [1.29, 1.82) is 0 Å². The van der Waals surface area contributed by atoms with Crippen LogP contribution in [0.1, 0.15) is 43.4 Å². The van der Waals surface area contributed by atoms with E-state index >= 15 is 0 Å². The third kappa shape index (κ3) is 3.15. The second-order valence-electron chi connectivity index (χ2n) is 6.15. The third-order valence-electron chi connectivity index (χ3n) is 3.37. The fourth-order valence-corrected chi connectivity index (χ4v) is 2.47. The molecule has 1 aliphatic rings. The van der Waals surface area contributed by atoms with Gasteiger partial charge in [-0.15, -0.1) is 0 Å². The minimum Gasteiger partial charge on any atom is -0.336 e. The standard InChI is InChI=1S/C14H24N4O/c1-11-10-12(16-18(11)14(2,3)4)13(19)17-8-5-6-15-7-9-17/h10,15H,5-9H2,1-4H3. The van der Waals surface area contributed by atoms with Gasteiger partial charge in [0, 0.05) is 25.3 Å². The van der Waals surface area contributed by atoms with Crippen LogP contribution in [0.3, 0.4) is 0 Å². The molecular formula is C14H24N4O. The summed E-state index contributed by atoms with van der Waals surface area (Å²) in [5, 5.41) is 7.80. The summed E-state index contributed by atoms with van der Waals surface area (Å²) in [6.07, 6.45) is 1.00. The molecule has 1 aliphatic heterocycles. The van der Waals surface area contributed by atoms with Crippen LogP contribution >= 0.6 is 0 Å². The fraction of sp³-hybridized carbons (Fsp3) is 0.714. The Morgan fingerprint density at radius 3 is 2.68 bits per heavy atom. The van der Waals surface area contributed by atoms with E-state index in [0.717, 1.165) is 38.3 Å². The third-order valence-corrected chi connectivity index (χ3v) is 3.37. The van der Waals surface area contributed by atoms with Gasteiger partial charge in [-0.1, -0.05) is 0 Å². The molecule has 19 heavy (non-hydrogen) atoms. The molecule has 0 aromatic carbocycles. The number of hydrogen-bond donors (Lipinski definition) is 1. The quantitative estimate of drug-likeness (QED) is 0.834. The molecule has 0 unspecified atom stereocenters. The van der Waals surface area contributed by atoms with Crippen molar-refractivity contribution in [2.45, 2.75) is 39.7 Å². The molecule has 2 rings (SSSR count). The van der Waals surface area contributed by atoms with Gasteiger partial charge in [0.15, 0.2) is 5.69 Å². The Hall–Kier alpha value is -1.36. The van der Waals surface area contributed by atoms with Gasteiger partial charge in [0.2, 0.25) is 0 Å². The molecule has 2 heterocycles. The first-order chi connectivity index (χ1) is 8.89. The Morgan fingerprint density at radius 1 is 1.32 bits per heavy atom. The number of amides is 1. The van der Waals surface area contributed by atoms with Crippen LogP contribution in [0, 0.1) is 6.92 Å². The molecule has 1 fully saturated rings. The minimum atomic E-state index is -0.0943. The second-order valence-corrected chi connectivity index (χ2v) is 6.15. The first kappa shape index (κ1) is 14.1. The van der Waals surface area contributed by atoms with Gasteiger partial charge in [0.25, 0.3) is 5.91 Å². The van der Waals surface area contributed by atoms with Crippen molar-refractivity contribution < 1.29 is 4.79 Å². The normalized spacial score (nSPS) is 17.4. The molecule has 5 nitrogen and oxygen atoms in total. The molecule has 0 spiro atoms. The van der Waals surface area contributed by atoms with E-state index in [0.29, 0.717) is 5.69 Å². The number of nitrogens with zero attached hydrogens (tertiary/aromatic N) is 3. The number of rotatable bonds is 1. The zero-order valence-corrected chi connectivity index (χ0v) is 12.4. The number of carbonyl (C=O) groups is 1. The van der Waals surface area contributed by atoms with Gasteiger partial charge in [-0.25, -0.2) is 0 Å². The fourth-order valence-electron chi connectivity index (χ4n) is 2.47. The van der Waals surface area contributed by atoms with E-state index in [-0.39, 0.29) is 11.4 Å². The lowest BCUT2D eigenvalue weighted by molar-refractivity contribution is 0.0758. The molecule has 1 amide bonds. The van der Waals surface area contributed by atoms with E-state index in [1.807, 2.05) is 22.6 Å². The summed E-state index contributed by atoms with van der Waals surface area (Å²) in [6, 6.07) is 1.89. The molecule has 0 saturated carbocycles. The number of carbonyl (C=O) groups excluding carboxylic acids is 1. The van der Waals surface area contributed by atoms with Crippen molar-refractivity contribution >= 4 is 5.91 Å². The highest BCUT2D eigenvalue weighted by Gasteiger charge is 2.23. The molecule has 0 radical (unpaired) electrons. The van der Waals surface area contributed by atoms with Gasteiger partial charge in [0.1, 0.15) is 0 Å². The molecule has 0 atom stereocenters. The zero-order chi connectivity index (χ0) is 14.0. The van der Waals surface area contributed by atoms with Crippen molar-refractivity contribution in [1.82, 2.24) is 20.0 Å². The van der Waals surface area contributed by atoms with Crippen LogP contribution in [0.2, 0.25) is 0 Å². The van der Waals surface area contributed by atoms with Gasteiger partial charge >= 0.3 is 0 Å². The van der Waals surface area contributed by atoms with E-state index < -0.39 is 0 Å². The second kappa shape index (κ2) is 5.33. The highest BCUT2D eigenvalue weighted by molar-refractivity contribution is 5.92. The molecule has 1 N–H and O–H groups in total. The summed E-state index contributed by atoms with van der Waals surface area (Å²) in [5.74, 6) is 0.0507. The molecule has 1 aromatic heterocycles. The van der Waals surface area contributed by atoms with Crippen LogP contribution < -0.4 is 5.32 Å². The number of aromatic nitrogens is 2. The van der Waals surface area contributed by atoms with Crippen LogP contribution in [0.15, 0.2) is 6.07 Å². The SMILES string of the molecule is Cc1cc(C(=O)N2CCCNCC2)nn1C(C)(C)C. The van der Waals surface area contributed by atoms with Crippen molar-refractivity contribution in [2.24, 2.45) is 0 Å². The van der Waals surface area contributed by atoms with Crippen molar-refractivity contribution in [2.75, 3.05) is 26.2 Å². The molecule has 106 valence electrons. The highest BCUT2D eigenvalue weighted by atomic mass is 16.2. The lowest BCUT2D eigenvalue weighted by Crippen LogP contribution is -2.34. The molecule has 5 heteroatoms. The molecule has 0 bridgehead atoms. The largest absolute Gasteiger partial charge is 0.336 e. The van der Waals surface area contributed by atoms with Gasteiger partial charge in [-0.3, -0.25) is 9.48 Å². The van der Waals surface area contributed by atoms with Crippen molar-refractivity contribution in [3.63, 3.8) is 0 Å². The maximum Gasteiger partial charge on any atom is 0.274 e. The summed E-state index contributed by atoms with van der Waals surface area (Å²) in [4.78, 5) is 14.4. The van der Waals surface area contributed by atoms with Crippen molar-refractivity contribution in [3.8, 4) is 0 Å².